The Morgan fingerprint density at radius 3 is 2.11 bits per heavy atom. The molecule has 1 aliphatic carbocycles. The highest BCUT2D eigenvalue weighted by Gasteiger charge is 2.29. The van der Waals surface area contributed by atoms with Gasteiger partial charge in [0.2, 0.25) is 0 Å². The normalized spacial score (nSPS) is 12.7. The van der Waals surface area contributed by atoms with Crippen LogP contribution >= 0.6 is 0 Å². The first-order valence-electron chi connectivity index (χ1n) is 12.2. The number of carbonyl (C=O) groups excluding carboxylic acids is 3. The van der Waals surface area contributed by atoms with Crippen molar-refractivity contribution in [3.8, 4) is 11.1 Å². The summed E-state index contributed by atoms with van der Waals surface area (Å²) in [5, 5.41) is 5.33. The number of carbonyl (C=O) groups is 3. The van der Waals surface area contributed by atoms with Gasteiger partial charge in [-0.1, -0.05) is 78.9 Å². The highest BCUT2D eigenvalue weighted by atomic mass is 16.6. The predicted molar refractivity (Wildman–Crippen MR) is 137 cm³/mol. The van der Waals surface area contributed by atoms with E-state index in [9.17, 15) is 14.4 Å². The molecular weight excluding hydrogens is 456 g/mol. The number of unbranched alkanes of at least 4 members (excludes halogenated alkanes) is 1. The minimum absolute atomic E-state index is 0.0365. The molecule has 0 saturated carbocycles. The summed E-state index contributed by atoms with van der Waals surface area (Å²) >= 11 is 0. The number of hydrogen-bond donors (Lipinski definition) is 2. The summed E-state index contributed by atoms with van der Waals surface area (Å²) in [6.45, 7) is 0.828. The molecule has 7 nitrogen and oxygen atoms in total. The zero-order valence-electron chi connectivity index (χ0n) is 20.0. The van der Waals surface area contributed by atoms with Crippen LogP contribution in [-0.4, -0.2) is 37.7 Å². The number of nitrogens with one attached hydrogen (secondary N) is 2. The fourth-order valence-electron chi connectivity index (χ4n) is 4.42. The lowest BCUT2D eigenvalue weighted by atomic mass is 9.98. The lowest BCUT2D eigenvalue weighted by Gasteiger charge is -2.16. The van der Waals surface area contributed by atoms with Gasteiger partial charge in [0, 0.05) is 12.5 Å². The zero-order valence-corrected chi connectivity index (χ0v) is 20.0. The van der Waals surface area contributed by atoms with Crippen molar-refractivity contribution in [2.75, 3.05) is 13.2 Å². The van der Waals surface area contributed by atoms with Gasteiger partial charge >= 0.3 is 12.2 Å². The Morgan fingerprint density at radius 1 is 0.806 bits per heavy atom. The van der Waals surface area contributed by atoms with Crippen molar-refractivity contribution in [3.05, 3.63) is 95.6 Å². The molecule has 3 aromatic carbocycles. The number of alkyl carbamates (subject to hydrolysis) is 2. The zero-order chi connectivity index (χ0) is 25.2. The first-order chi connectivity index (χ1) is 17.7. The minimum atomic E-state index is -0.648. The number of fused-ring (bicyclic) bond motifs is 3. The fraction of sp³-hybridized carbons (Fsp3) is 0.276. The Balaban J connectivity index is 1.15. The van der Waals surface area contributed by atoms with Crippen molar-refractivity contribution in [1.29, 1.82) is 0 Å². The summed E-state index contributed by atoms with van der Waals surface area (Å²) in [7, 11) is 0. The van der Waals surface area contributed by atoms with E-state index < -0.39 is 18.2 Å². The molecule has 2 amide bonds. The molecule has 1 atom stereocenters. The SMILES string of the molecule is O=C[C@H](CCCCNC(=O)OCc1ccccc1)NC(=O)OCC1c2ccccc2-c2ccccc21. The topological polar surface area (TPSA) is 93.7 Å². The maximum Gasteiger partial charge on any atom is 0.407 e. The molecule has 3 aromatic rings. The standard InChI is InChI=1S/C29H30N2O5/c32-18-22(12-8-9-17-30-28(33)35-19-21-10-2-1-3-11-21)31-29(34)36-20-27-25-15-6-4-13-23(25)24-14-5-7-16-26(24)27/h1-7,10-11,13-16,18,22,27H,8-9,12,17,19-20H2,(H,30,33)(H,31,34)/t22-/m0/s1. The lowest BCUT2D eigenvalue weighted by molar-refractivity contribution is -0.109. The number of benzene rings is 3. The average Bonchev–Trinajstić information content (AvgIpc) is 3.24. The van der Waals surface area contributed by atoms with Gasteiger partial charge in [-0.15, -0.1) is 0 Å². The minimum Gasteiger partial charge on any atom is -0.449 e. The predicted octanol–water partition coefficient (Wildman–Crippen LogP) is 5.19. The monoisotopic (exact) mass is 486 g/mol. The molecule has 0 saturated heterocycles. The quantitative estimate of drug-likeness (QED) is 0.287. The van der Waals surface area contributed by atoms with Crippen LogP contribution in [-0.2, 0) is 20.9 Å². The summed E-state index contributed by atoms with van der Waals surface area (Å²) in [4.78, 5) is 35.6. The van der Waals surface area contributed by atoms with Crippen LogP contribution in [0.2, 0.25) is 0 Å². The Bertz CT molecular complexity index is 1140. The van der Waals surface area contributed by atoms with E-state index in [0.29, 0.717) is 32.1 Å². The van der Waals surface area contributed by atoms with E-state index in [1.165, 1.54) is 0 Å². The van der Waals surface area contributed by atoms with Gasteiger partial charge in [0.25, 0.3) is 0 Å². The molecule has 2 N–H and O–H groups in total. The first kappa shape index (κ1) is 25.0. The van der Waals surface area contributed by atoms with E-state index in [-0.39, 0.29) is 19.1 Å². The Morgan fingerprint density at radius 2 is 1.44 bits per heavy atom. The van der Waals surface area contributed by atoms with Crippen molar-refractivity contribution in [2.45, 2.75) is 37.8 Å². The maximum absolute atomic E-state index is 12.4. The van der Waals surface area contributed by atoms with Crippen LogP contribution in [0.1, 0.15) is 41.9 Å². The molecule has 7 heteroatoms. The number of ether oxygens (including phenoxy) is 2. The fourth-order valence-corrected chi connectivity index (χ4v) is 4.42. The van der Waals surface area contributed by atoms with E-state index >= 15 is 0 Å². The van der Waals surface area contributed by atoms with Crippen molar-refractivity contribution in [1.82, 2.24) is 10.6 Å². The first-order valence-corrected chi connectivity index (χ1v) is 12.2. The second-order valence-corrected chi connectivity index (χ2v) is 8.70. The van der Waals surface area contributed by atoms with Crippen LogP contribution in [0.15, 0.2) is 78.9 Å². The summed E-state index contributed by atoms with van der Waals surface area (Å²) in [6, 6.07) is 25.0. The Kier molecular flexibility index (Phi) is 8.70. The van der Waals surface area contributed by atoms with Gasteiger partial charge in [-0.2, -0.15) is 0 Å². The van der Waals surface area contributed by atoms with Crippen LogP contribution in [0, 0.1) is 0 Å². The molecule has 0 radical (unpaired) electrons. The van der Waals surface area contributed by atoms with Crippen molar-refractivity contribution in [2.24, 2.45) is 0 Å². The van der Waals surface area contributed by atoms with E-state index in [2.05, 4.69) is 34.9 Å². The number of hydrogen-bond acceptors (Lipinski definition) is 5. The van der Waals surface area contributed by atoms with Gasteiger partial charge in [-0.25, -0.2) is 9.59 Å². The third-order valence-electron chi connectivity index (χ3n) is 6.24. The second-order valence-electron chi connectivity index (χ2n) is 8.70. The van der Waals surface area contributed by atoms with E-state index in [1.807, 2.05) is 54.6 Å². The summed E-state index contributed by atoms with van der Waals surface area (Å²) in [5.74, 6) is -0.0365. The molecular formula is C29H30N2O5. The van der Waals surface area contributed by atoms with Crippen molar-refractivity contribution >= 4 is 18.5 Å². The van der Waals surface area contributed by atoms with E-state index in [1.54, 1.807) is 0 Å². The number of amides is 2. The molecule has 0 bridgehead atoms. The largest absolute Gasteiger partial charge is 0.449 e. The van der Waals surface area contributed by atoms with Gasteiger partial charge in [-0.05, 0) is 47.1 Å². The second kappa shape index (κ2) is 12.5. The number of rotatable bonds is 11. The van der Waals surface area contributed by atoms with Crippen LogP contribution < -0.4 is 10.6 Å². The van der Waals surface area contributed by atoms with Gasteiger partial charge in [0.1, 0.15) is 19.5 Å². The molecule has 36 heavy (non-hydrogen) atoms. The highest BCUT2D eigenvalue weighted by Crippen LogP contribution is 2.44. The van der Waals surface area contributed by atoms with Crippen molar-refractivity contribution in [3.63, 3.8) is 0 Å². The summed E-state index contributed by atoms with van der Waals surface area (Å²) in [5.41, 5.74) is 5.50. The summed E-state index contributed by atoms with van der Waals surface area (Å²) in [6.07, 6.45) is 1.36. The van der Waals surface area contributed by atoms with Gasteiger partial charge < -0.3 is 24.9 Å². The summed E-state index contributed by atoms with van der Waals surface area (Å²) < 4.78 is 10.7. The molecule has 0 aromatic heterocycles. The van der Waals surface area contributed by atoms with Crippen LogP contribution in [0.3, 0.4) is 0 Å². The van der Waals surface area contributed by atoms with E-state index in [0.717, 1.165) is 27.8 Å². The molecule has 186 valence electrons. The number of aldehydes is 1. The Hall–Kier alpha value is -4.13. The molecule has 0 aliphatic heterocycles. The van der Waals surface area contributed by atoms with Crippen LogP contribution in [0.4, 0.5) is 9.59 Å². The van der Waals surface area contributed by atoms with Crippen LogP contribution in [0.5, 0.6) is 0 Å². The van der Waals surface area contributed by atoms with E-state index in [4.69, 9.17) is 9.47 Å². The molecule has 0 fully saturated rings. The van der Waals surface area contributed by atoms with Gasteiger partial charge in [-0.3, -0.25) is 0 Å². The molecule has 0 unspecified atom stereocenters. The average molecular weight is 487 g/mol. The third kappa shape index (κ3) is 6.50. The van der Waals surface area contributed by atoms with Gasteiger partial charge in [0.15, 0.2) is 0 Å². The van der Waals surface area contributed by atoms with Crippen LogP contribution in [0.25, 0.3) is 11.1 Å². The molecule has 4 rings (SSSR count). The lowest BCUT2D eigenvalue weighted by Crippen LogP contribution is -2.37. The molecule has 0 heterocycles. The molecule has 1 aliphatic rings. The van der Waals surface area contributed by atoms with Crippen molar-refractivity contribution < 1.29 is 23.9 Å². The Labute approximate surface area is 210 Å². The molecule has 0 spiro atoms. The smallest absolute Gasteiger partial charge is 0.407 e. The van der Waals surface area contributed by atoms with Gasteiger partial charge in [0.05, 0.1) is 6.04 Å². The highest BCUT2D eigenvalue weighted by molar-refractivity contribution is 5.79. The third-order valence-corrected chi connectivity index (χ3v) is 6.24. The maximum atomic E-state index is 12.4.